The Morgan fingerprint density at radius 3 is 2.15 bits per heavy atom. The summed E-state index contributed by atoms with van der Waals surface area (Å²) in [7, 11) is 0. The van der Waals surface area contributed by atoms with E-state index in [0.717, 1.165) is 0 Å². The monoisotopic (exact) mass is 182 g/mol. The summed E-state index contributed by atoms with van der Waals surface area (Å²) in [6.07, 6.45) is 0.670. The number of rotatable bonds is 2. The van der Waals surface area contributed by atoms with Gasteiger partial charge in [-0.2, -0.15) is 0 Å². The van der Waals surface area contributed by atoms with E-state index in [1.54, 1.807) is 13.8 Å². The highest BCUT2D eigenvalue weighted by Crippen LogP contribution is 2.30. The van der Waals surface area contributed by atoms with Crippen LogP contribution >= 0.6 is 0 Å². The fraction of sp³-hybridized carbons (Fsp3) is 0.625. The van der Waals surface area contributed by atoms with Gasteiger partial charge in [-0.1, -0.05) is 13.8 Å². The Bertz CT molecular complexity index is 290. The van der Waals surface area contributed by atoms with E-state index in [1.165, 1.54) is 0 Å². The molecule has 1 aliphatic heterocycles. The van der Waals surface area contributed by atoms with Crippen molar-refractivity contribution < 1.29 is 15.0 Å². The molecule has 1 amide bonds. The first-order chi connectivity index (χ1) is 6.06. The van der Waals surface area contributed by atoms with Crippen LogP contribution in [0.3, 0.4) is 0 Å². The molecule has 1 aliphatic rings. The minimum Gasteiger partial charge on any atom is -0.861 e. The van der Waals surface area contributed by atoms with Crippen LogP contribution in [0.2, 0.25) is 0 Å². The van der Waals surface area contributed by atoms with Gasteiger partial charge in [-0.25, -0.2) is 4.99 Å². The van der Waals surface area contributed by atoms with Gasteiger partial charge in [-0.3, -0.25) is 9.79 Å². The van der Waals surface area contributed by atoms with E-state index in [0.29, 0.717) is 12.8 Å². The van der Waals surface area contributed by atoms with Crippen molar-refractivity contribution in [2.75, 3.05) is 0 Å². The van der Waals surface area contributed by atoms with Crippen molar-refractivity contribution in [2.45, 2.75) is 26.7 Å². The number of aliphatic imine (C=N–C) groups is 2. The molecule has 1 heterocycles. The topological polar surface area (TPSA) is 87.9 Å². The Morgan fingerprint density at radius 2 is 1.77 bits per heavy atom. The van der Waals surface area contributed by atoms with Gasteiger partial charge >= 0.3 is 0 Å². The molecule has 72 valence electrons. The fourth-order valence-corrected chi connectivity index (χ4v) is 1.36. The predicted molar refractivity (Wildman–Crippen MR) is 42.9 cm³/mol. The van der Waals surface area contributed by atoms with Crippen molar-refractivity contribution >= 4 is 17.8 Å². The second-order valence-electron chi connectivity index (χ2n) is 2.91. The van der Waals surface area contributed by atoms with Gasteiger partial charge in [0.2, 0.25) is 0 Å². The van der Waals surface area contributed by atoms with Crippen LogP contribution in [0.15, 0.2) is 9.98 Å². The standard InChI is InChI=1S/C8H12N2O3/c1-3-8(4-2)5(11)9-7(13)10-6(8)12/h3-4H2,1-2H3,(H2,9,10,11,12,13)/p-2. The lowest BCUT2D eigenvalue weighted by Crippen LogP contribution is -2.49. The average molecular weight is 182 g/mol. The van der Waals surface area contributed by atoms with Crippen molar-refractivity contribution in [1.29, 1.82) is 0 Å². The Kier molecular flexibility index (Phi) is 2.36. The molecule has 0 spiro atoms. The first-order valence-corrected chi connectivity index (χ1v) is 4.13. The second-order valence-corrected chi connectivity index (χ2v) is 2.91. The normalized spacial score (nSPS) is 20.9. The van der Waals surface area contributed by atoms with Gasteiger partial charge in [0, 0.05) is 0 Å². The quantitative estimate of drug-likeness (QED) is 0.537. The van der Waals surface area contributed by atoms with Crippen molar-refractivity contribution in [3.63, 3.8) is 0 Å². The van der Waals surface area contributed by atoms with Crippen molar-refractivity contribution in [3.05, 3.63) is 0 Å². The zero-order chi connectivity index (χ0) is 10.1. The van der Waals surface area contributed by atoms with Gasteiger partial charge in [-0.15, -0.1) is 0 Å². The average Bonchev–Trinajstić information content (AvgIpc) is 2.05. The minimum absolute atomic E-state index is 0.335. The molecule has 5 nitrogen and oxygen atoms in total. The summed E-state index contributed by atoms with van der Waals surface area (Å²) in [5, 5.41) is 22.0. The first kappa shape index (κ1) is 9.70. The number of amidine groups is 1. The summed E-state index contributed by atoms with van der Waals surface area (Å²) in [5.74, 6) is -1.30. The molecule has 1 rings (SSSR count). The third-order valence-corrected chi connectivity index (χ3v) is 2.42. The van der Waals surface area contributed by atoms with Gasteiger partial charge in [-0.05, 0) is 18.7 Å². The summed E-state index contributed by atoms with van der Waals surface area (Å²) >= 11 is 0. The van der Waals surface area contributed by atoms with E-state index >= 15 is 0 Å². The second kappa shape index (κ2) is 3.16. The lowest BCUT2D eigenvalue weighted by atomic mass is 9.81. The van der Waals surface area contributed by atoms with E-state index < -0.39 is 23.2 Å². The molecule has 0 fully saturated rings. The van der Waals surface area contributed by atoms with Crippen molar-refractivity contribution in [1.82, 2.24) is 0 Å². The molecule has 5 heteroatoms. The summed E-state index contributed by atoms with van der Waals surface area (Å²) in [6.45, 7) is 3.42. The summed E-state index contributed by atoms with van der Waals surface area (Å²) in [6, 6.07) is -0.979. The molecule has 0 saturated carbocycles. The van der Waals surface area contributed by atoms with Crippen molar-refractivity contribution in [2.24, 2.45) is 15.4 Å². The number of amides is 1. The number of carbonyl (C=O) groups is 1. The third-order valence-electron chi connectivity index (χ3n) is 2.42. The Balaban J connectivity index is 3.14. The van der Waals surface area contributed by atoms with Crippen molar-refractivity contribution in [3.8, 4) is 0 Å². The molecule has 0 unspecified atom stereocenters. The summed E-state index contributed by atoms with van der Waals surface area (Å²) in [5.41, 5.74) is -1.17. The van der Waals surface area contributed by atoms with Crippen LogP contribution in [0.5, 0.6) is 0 Å². The Hall–Kier alpha value is -1.39. The zero-order valence-electron chi connectivity index (χ0n) is 7.53. The van der Waals surface area contributed by atoms with E-state index in [4.69, 9.17) is 0 Å². The van der Waals surface area contributed by atoms with Crippen LogP contribution < -0.4 is 10.2 Å². The Labute approximate surface area is 75.8 Å². The smallest absolute Gasteiger partial charge is 0.257 e. The highest BCUT2D eigenvalue weighted by atomic mass is 16.3. The van der Waals surface area contributed by atoms with Gasteiger partial charge in [0.25, 0.3) is 5.91 Å². The molecule has 0 saturated heterocycles. The molecule has 0 N–H and O–H groups in total. The zero-order valence-corrected chi connectivity index (χ0v) is 7.53. The van der Waals surface area contributed by atoms with Crippen LogP contribution in [-0.2, 0) is 4.79 Å². The summed E-state index contributed by atoms with van der Waals surface area (Å²) in [4.78, 5) is 17.7. The number of carbonyl (C=O) groups excluding carboxylic acids is 1. The lowest BCUT2D eigenvalue weighted by molar-refractivity contribution is -0.239. The largest absolute Gasteiger partial charge is 0.861 e. The van der Waals surface area contributed by atoms with Crippen LogP contribution in [0.25, 0.3) is 0 Å². The number of hydrogen-bond donors (Lipinski definition) is 0. The van der Waals surface area contributed by atoms with E-state index in [-0.39, 0.29) is 0 Å². The predicted octanol–water partition coefficient (Wildman–Crippen LogP) is -1.19. The van der Waals surface area contributed by atoms with Crippen LogP contribution in [0.1, 0.15) is 26.7 Å². The molecule has 0 aromatic heterocycles. The molecular weight excluding hydrogens is 172 g/mol. The van der Waals surface area contributed by atoms with Gasteiger partial charge < -0.3 is 10.2 Å². The van der Waals surface area contributed by atoms with Crippen LogP contribution in [-0.4, -0.2) is 17.8 Å². The fourth-order valence-electron chi connectivity index (χ4n) is 1.36. The number of nitrogens with zero attached hydrogens (tertiary/aromatic N) is 2. The molecule has 0 aliphatic carbocycles. The molecule has 0 aromatic carbocycles. The highest BCUT2D eigenvalue weighted by Gasteiger charge is 2.36. The number of hydrogen-bond acceptors (Lipinski definition) is 4. The Morgan fingerprint density at radius 1 is 1.23 bits per heavy atom. The van der Waals surface area contributed by atoms with Gasteiger partial charge in [0.05, 0.1) is 11.4 Å². The van der Waals surface area contributed by atoms with Crippen LogP contribution in [0, 0.1) is 5.41 Å². The highest BCUT2D eigenvalue weighted by molar-refractivity contribution is 6.12. The first-order valence-electron chi connectivity index (χ1n) is 4.13. The summed E-state index contributed by atoms with van der Waals surface area (Å²) < 4.78 is 0. The van der Waals surface area contributed by atoms with Gasteiger partial charge in [0.15, 0.2) is 0 Å². The maximum atomic E-state index is 11.3. The lowest BCUT2D eigenvalue weighted by Gasteiger charge is -2.36. The van der Waals surface area contributed by atoms with E-state index in [1.807, 2.05) is 0 Å². The minimum atomic E-state index is -1.17. The maximum Gasteiger partial charge on any atom is 0.257 e. The van der Waals surface area contributed by atoms with E-state index in [2.05, 4.69) is 9.98 Å². The molecular formula is C8H10N2O3-2. The molecule has 0 aromatic rings. The molecule has 13 heavy (non-hydrogen) atoms. The SMILES string of the molecule is CCC1(CC)C(=O)N=C([O-])N=C1[O-]. The van der Waals surface area contributed by atoms with Gasteiger partial charge in [0.1, 0.15) is 0 Å². The third kappa shape index (κ3) is 1.30. The van der Waals surface area contributed by atoms with Crippen LogP contribution in [0.4, 0.5) is 0 Å². The molecule has 0 bridgehead atoms. The maximum absolute atomic E-state index is 11.3. The molecule has 0 radical (unpaired) electrons. The van der Waals surface area contributed by atoms with E-state index in [9.17, 15) is 15.0 Å². The molecule has 0 atom stereocenters.